The zero-order chi connectivity index (χ0) is 21.3. The number of hydrogen-bond donors (Lipinski definition) is 1. The van der Waals surface area contributed by atoms with Crippen LogP contribution in [0.5, 0.6) is 0 Å². The Balaban J connectivity index is 1.80. The molecule has 1 amide bonds. The lowest BCUT2D eigenvalue weighted by molar-refractivity contribution is -0.136. The molecule has 0 bridgehead atoms. The van der Waals surface area contributed by atoms with Crippen molar-refractivity contribution in [1.29, 1.82) is 0 Å². The molecule has 1 N–H and O–H groups in total. The summed E-state index contributed by atoms with van der Waals surface area (Å²) < 4.78 is 28.4. The minimum absolute atomic E-state index is 0.0829. The molecule has 8 heteroatoms. The first-order chi connectivity index (χ1) is 14.5. The van der Waals surface area contributed by atoms with Crippen molar-refractivity contribution >= 4 is 34.5 Å². The normalized spacial score (nSPS) is 21.5. The molecule has 2 aliphatic rings. The second-order valence-corrected chi connectivity index (χ2v) is 9.74. The number of thioether (sulfide) groups is 2. The lowest BCUT2D eigenvalue weighted by atomic mass is 10.0. The first-order valence-electron chi connectivity index (χ1n) is 9.99. The summed E-state index contributed by atoms with van der Waals surface area (Å²) in [5.41, 5.74) is 1.07. The van der Waals surface area contributed by atoms with Gasteiger partial charge in [-0.3, -0.25) is 4.79 Å². The van der Waals surface area contributed by atoms with Gasteiger partial charge in [0.05, 0.1) is 6.04 Å². The van der Waals surface area contributed by atoms with Gasteiger partial charge in [0.25, 0.3) is 5.91 Å². The molecule has 1 unspecified atom stereocenters. The maximum Gasteiger partial charge on any atom is 0.261 e. The number of amides is 1. The van der Waals surface area contributed by atoms with E-state index < -0.39 is 22.5 Å². The van der Waals surface area contributed by atoms with Gasteiger partial charge in [0.2, 0.25) is 0 Å². The maximum atomic E-state index is 14.5. The van der Waals surface area contributed by atoms with E-state index in [1.807, 2.05) is 38.1 Å². The van der Waals surface area contributed by atoms with Gasteiger partial charge in [0.15, 0.2) is 0 Å². The van der Waals surface area contributed by atoms with Gasteiger partial charge < -0.3 is 5.32 Å². The molecule has 0 aromatic heterocycles. The number of fused-ring (bicyclic) bond motifs is 2. The zero-order valence-electron chi connectivity index (χ0n) is 16.8. The summed E-state index contributed by atoms with van der Waals surface area (Å²) in [7, 11) is 0. The van der Waals surface area contributed by atoms with Gasteiger partial charge in [0, 0.05) is 21.8 Å². The van der Waals surface area contributed by atoms with Crippen molar-refractivity contribution in [2.45, 2.75) is 42.5 Å². The van der Waals surface area contributed by atoms with Crippen molar-refractivity contribution in [1.82, 2.24) is 10.3 Å². The van der Waals surface area contributed by atoms with Gasteiger partial charge >= 0.3 is 0 Å². The molecule has 1 spiro atoms. The lowest BCUT2D eigenvalue weighted by Crippen LogP contribution is -2.50. The number of benzene rings is 2. The predicted octanol–water partition coefficient (Wildman–Crippen LogP) is 4.94. The highest BCUT2D eigenvalue weighted by Gasteiger charge is 2.51. The largest absolute Gasteiger partial charge is 0.306 e. The molecule has 0 aliphatic carbocycles. The molecule has 4 nitrogen and oxygen atoms in total. The van der Waals surface area contributed by atoms with Gasteiger partial charge in [-0.1, -0.05) is 36.9 Å². The summed E-state index contributed by atoms with van der Waals surface area (Å²) in [6.45, 7) is 4.56. The van der Waals surface area contributed by atoms with Crippen LogP contribution in [0.3, 0.4) is 0 Å². The highest BCUT2D eigenvalue weighted by atomic mass is 32.2. The first-order valence-corrected chi connectivity index (χ1v) is 11.8. The number of hydrazone groups is 1. The van der Waals surface area contributed by atoms with E-state index in [9.17, 15) is 13.6 Å². The molecule has 2 heterocycles. The van der Waals surface area contributed by atoms with E-state index in [2.05, 4.69) is 10.4 Å². The molecule has 2 aromatic rings. The minimum atomic E-state index is -0.769. The van der Waals surface area contributed by atoms with Crippen molar-refractivity contribution in [2.24, 2.45) is 5.10 Å². The maximum absolute atomic E-state index is 14.5. The van der Waals surface area contributed by atoms with Crippen LogP contribution in [-0.4, -0.2) is 34.3 Å². The van der Waals surface area contributed by atoms with Crippen LogP contribution >= 0.6 is 23.5 Å². The standard InChI is InChI=1S/C22H23F2N3OS2/c1-3-11-25-14(2)21(28)27-22(10-12-29-19-7-5-4-6-17(19)22)30-20(26-27)16-13-15(23)8-9-18(16)24/h4-9,13-14,25H,3,10-12H2,1-2H3/t14-,22?/m0/s1. The van der Waals surface area contributed by atoms with Crippen LogP contribution < -0.4 is 5.32 Å². The summed E-state index contributed by atoms with van der Waals surface area (Å²) in [4.78, 5) is 13.7. The van der Waals surface area contributed by atoms with Gasteiger partial charge in [-0.15, -0.1) is 11.8 Å². The zero-order valence-corrected chi connectivity index (χ0v) is 18.5. The van der Waals surface area contributed by atoms with Crippen LogP contribution in [0.25, 0.3) is 0 Å². The van der Waals surface area contributed by atoms with Crippen molar-refractivity contribution in [3.8, 4) is 0 Å². The Bertz CT molecular complexity index is 1000. The van der Waals surface area contributed by atoms with Crippen LogP contribution in [0.2, 0.25) is 0 Å². The number of nitrogens with one attached hydrogen (secondary N) is 1. The SMILES string of the molecule is CCCN[C@@H](C)C(=O)N1N=C(c2cc(F)ccc2F)SC12CCSc1ccccc12. The van der Waals surface area contributed by atoms with Crippen LogP contribution in [-0.2, 0) is 9.67 Å². The quantitative estimate of drug-likeness (QED) is 0.705. The Labute approximate surface area is 183 Å². The average molecular weight is 448 g/mol. The topological polar surface area (TPSA) is 44.7 Å². The molecular weight excluding hydrogens is 424 g/mol. The lowest BCUT2D eigenvalue weighted by Gasteiger charge is -2.40. The molecule has 2 aromatic carbocycles. The van der Waals surface area contributed by atoms with E-state index in [-0.39, 0.29) is 11.5 Å². The fourth-order valence-corrected chi connectivity index (χ4v) is 6.50. The van der Waals surface area contributed by atoms with Crippen LogP contribution in [0.4, 0.5) is 8.78 Å². The molecule has 0 fully saturated rings. The Kier molecular flexibility index (Phi) is 6.18. The van der Waals surface area contributed by atoms with Crippen molar-refractivity contribution in [3.63, 3.8) is 0 Å². The predicted molar refractivity (Wildman–Crippen MR) is 119 cm³/mol. The van der Waals surface area contributed by atoms with E-state index in [0.29, 0.717) is 18.0 Å². The molecule has 2 aliphatic heterocycles. The first kappa shape index (κ1) is 21.3. The summed E-state index contributed by atoms with van der Waals surface area (Å²) in [5, 5.41) is 9.62. The van der Waals surface area contributed by atoms with Crippen molar-refractivity contribution in [2.75, 3.05) is 12.3 Å². The summed E-state index contributed by atoms with van der Waals surface area (Å²) in [6.07, 6.45) is 1.57. The molecule has 30 heavy (non-hydrogen) atoms. The van der Waals surface area contributed by atoms with E-state index in [0.717, 1.165) is 40.8 Å². The van der Waals surface area contributed by atoms with Gasteiger partial charge in [-0.05, 0) is 50.6 Å². The van der Waals surface area contributed by atoms with Gasteiger partial charge in [-0.2, -0.15) is 5.10 Å². The molecule has 0 saturated carbocycles. The molecule has 4 rings (SSSR count). The molecule has 158 valence electrons. The fraction of sp³-hybridized carbons (Fsp3) is 0.364. The van der Waals surface area contributed by atoms with Gasteiger partial charge in [-0.25, -0.2) is 13.8 Å². The Morgan fingerprint density at radius 2 is 2.10 bits per heavy atom. The molecule has 0 saturated heterocycles. The fourth-order valence-electron chi connectivity index (χ4n) is 3.70. The number of nitrogens with zero attached hydrogens (tertiary/aromatic N) is 2. The number of rotatable bonds is 5. The molecule has 2 atom stereocenters. The average Bonchev–Trinajstić information content (AvgIpc) is 3.13. The van der Waals surface area contributed by atoms with E-state index in [1.54, 1.807) is 11.8 Å². The second-order valence-electron chi connectivity index (χ2n) is 7.34. The van der Waals surface area contributed by atoms with Crippen LogP contribution in [0.1, 0.15) is 37.8 Å². The third-order valence-corrected chi connectivity index (χ3v) is 7.75. The van der Waals surface area contributed by atoms with E-state index in [1.165, 1.54) is 16.8 Å². The number of carbonyl (C=O) groups excluding carboxylic acids is 1. The summed E-state index contributed by atoms with van der Waals surface area (Å²) in [5.74, 6) is -0.461. The number of carbonyl (C=O) groups is 1. The van der Waals surface area contributed by atoms with Crippen molar-refractivity contribution < 1.29 is 13.6 Å². The number of halogens is 2. The highest BCUT2D eigenvalue weighted by Crippen LogP contribution is 2.55. The molecule has 0 radical (unpaired) electrons. The third-order valence-electron chi connectivity index (χ3n) is 5.24. The smallest absolute Gasteiger partial charge is 0.261 e. The Hall–Kier alpha value is -1.90. The van der Waals surface area contributed by atoms with Crippen molar-refractivity contribution in [3.05, 3.63) is 65.2 Å². The minimum Gasteiger partial charge on any atom is -0.306 e. The van der Waals surface area contributed by atoms with E-state index >= 15 is 0 Å². The van der Waals surface area contributed by atoms with Crippen LogP contribution in [0, 0.1) is 11.6 Å². The monoisotopic (exact) mass is 447 g/mol. The van der Waals surface area contributed by atoms with Gasteiger partial charge in [0.1, 0.15) is 21.5 Å². The summed E-state index contributed by atoms with van der Waals surface area (Å²) >= 11 is 3.07. The third kappa shape index (κ3) is 3.76. The summed E-state index contributed by atoms with van der Waals surface area (Å²) in [6, 6.07) is 10.8. The Morgan fingerprint density at radius 1 is 1.30 bits per heavy atom. The van der Waals surface area contributed by atoms with E-state index in [4.69, 9.17) is 0 Å². The number of hydrogen-bond acceptors (Lipinski definition) is 5. The highest BCUT2D eigenvalue weighted by molar-refractivity contribution is 8.15. The van der Waals surface area contributed by atoms with Crippen LogP contribution in [0.15, 0.2) is 52.5 Å². The second kappa shape index (κ2) is 8.69. The molecular formula is C22H23F2N3OS2. The Morgan fingerprint density at radius 3 is 2.90 bits per heavy atom.